The van der Waals surface area contributed by atoms with Crippen LogP contribution in [0.3, 0.4) is 0 Å². The molecule has 118 valence electrons. The van der Waals surface area contributed by atoms with Gasteiger partial charge in [-0.1, -0.05) is 45.7 Å². The van der Waals surface area contributed by atoms with E-state index in [9.17, 15) is 0 Å². The average Bonchev–Trinajstić information content (AvgIpc) is 2.65. The first-order chi connectivity index (χ1) is 9.82. The predicted molar refractivity (Wildman–Crippen MR) is 90.3 cm³/mol. The molecule has 0 N–H and O–H groups in total. The van der Waals surface area contributed by atoms with Crippen molar-refractivity contribution in [2.75, 3.05) is 18.0 Å². The average molecular weight is 310 g/mol. The number of hydrogen-bond acceptors (Lipinski definition) is 3. The molecule has 0 aromatic carbocycles. The Morgan fingerprint density at radius 3 is 2.52 bits per heavy atom. The monoisotopic (exact) mass is 309 g/mol. The first-order valence-corrected chi connectivity index (χ1v) is 8.50. The van der Waals surface area contributed by atoms with Crippen molar-refractivity contribution in [3.63, 3.8) is 0 Å². The molecule has 1 aliphatic rings. The maximum absolute atomic E-state index is 6.36. The van der Waals surface area contributed by atoms with Gasteiger partial charge in [-0.2, -0.15) is 0 Å². The van der Waals surface area contributed by atoms with Crippen molar-refractivity contribution in [3.05, 3.63) is 16.5 Å². The highest BCUT2D eigenvalue weighted by Gasteiger charge is 2.24. The second-order valence-corrected chi connectivity index (χ2v) is 7.59. The Hall–Kier alpha value is -0.830. The van der Waals surface area contributed by atoms with Crippen molar-refractivity contribution >= 4 is 17.4 Å². The summed E-state index contributed by atoms with van der Waals surface area (Å²) in [5.74, 6) is 2.73. The summed E-state index contributed by atoms with van der Waals surface area (Å²) in [5.41, 5.74) is 0.934. The van der Waals surface area contributed by atoms with Crippen LogP contribution in [0.2, 0.25) is 5.15 Å². The molecule has 1 fully saturated rings. The number of rotatable bonds is 2. The normalized spacial score (nSPS) is 20.5. The lowest BCUT2D eigenvalue weighted by Gasteiger charge is -2.26. The molecule has 0 spiro atoms. The largest absolute Gasteiger partial charge is 0.356 e. The van der Waals surface area contributed by atoms with Crippen LogP contribution in [0, 0.1) is 12.8 Å². The van der Waals surface area contributed by atoms with Crippen molar-refractivity contribution in [1.82, 2.24) is 9.97 Å². The Bertz CT molecular complexity index is 494. The number of aromatic nitrogens is 2. The van der Waals surface area contributed by atoms with Crippen molar-refractivity contribution in [2.45, 2.75) is 65.7 Å². The molecule has 21 heavy (non-hydrogen) atoms. The first kappa shape index (κ1) is 16.5. The van der Waals surface area contributed by atoms with Crippen LogP contribution in [-0.2, 0) is 5.41 Å². The van der Waals surface area contributed by atoms with E-state index in [1.807, 2.05) is 6.92 Å². The molecule has 0 bridgehead atoms. The van der Waals surface area contributed by atoms with E-state index in [-0.39, 0.29) is 5.41 Å². The first-order valence-electron chi connectivity index (χ1n) is 8.12. The van der Waals surface area contributed by atoms with E-state index >= 15 is 0 Å². The van der Waals surface area contributed by atoms with Crippen molar-refractivity contribution in [2.24, 2.45) is 5.92 Å². The maximum atomic E-state index is 6.36. The van der Waals surface area contributed by atoms with E-state index in [1.54, 1.807) is 0 Å². The highest BCUT2D eigenvalue weighted by atomic mass is 35.5. The highest BCUT2D eigenvalue weighted by molar-refractivity contribution is 6.30. The third kappa shape index (κ3) is 3.88. The molecule has 0 radical (unpaired) electrons. The second kappa shape index (κ2) is 6.51. The molecule has 1 aromatic heterocycles. The minimum atomic E-state index is -0.0795. The van der Waals surface area contributed by atoms with Crippen LogP contribution in [-0.4, -0.2) is 23.1 Å². The zero-order chi connectivity index (χ0) is 15.6. The van der Waals surface area contributed by atoms with Crippen molar-refractivity contribution in [1.29, 1.82) is 0 Å². The van der Waals surface area contributed by atoms with E-state index in [0.717, 1.165) is 36.2 Å². The molecule has 1 saturated heterocycles. The molecule has 2 heterocycles. The molecule has 3 nitrogen and oxygen atoms in total. The Morgan fingerprint density at radius 1 is 1.19 bits per heavy atom. The lowest BCUT2D eigenvalue weighted by Crippen LogP contribution is -2.28. The Balaban J connectivity index is 2.32. The molecule has 1 aliphatic heterocycles. The van der Waals surface area contributed by atoms with Crippen LogP contribution < -0.4 is 4.90 Å². The Morgan fingerprint density at radius 2 is 1.90 bits per heavy atom. The zero-order valence-corrected chi connectivity index (χ0v) is 14.8. The summed E-state index contributed by atoms with van der Waals surface area (Å²) in [6.45, 7) is 12.9. The molecule has 0 saturated carbocycles. The van der Waals surface area contributed by atoms with Gasteiger partial charge in [-0.05, 0) is 32.1 Å². The van der Waals surface area contributed by atoms with E-state index < -0.39 is 0 Å². The fraction of sp³-hybridized carbons (Fsp3) is 0.765. The van der Waals surface area contributed by atoms with Gasteiger partial charge in [0.2, 0.25) is 0 Å². The van der Waals surface area contributed by atoms with Crippen LogP contribution in [0.5, 0.6) is 0 Å². The van der Waals surface area contributed by atoms with Crippen LogP contribution in [0.25, 0.3) is 0 Å². The van der Waals surface area contributed by atoms with E-state index in [0.29, 0.717) is 5.15 Å². The molecular formula is C17H28ClN3. The summed E-state index contributed by atoms with van der Waals surface area (Å²) in [6, 6.07) is 0. The number of hydrogen-bond donors (Lipinski definition) is 0. The third-order valence-corrected chi connectivity index (χ3v) is 4.82. The summed E-state index contributed by atoms with van der Waals surface area (Å²) >= 11 is 6.36. The van der Waals surface area contributed by atoms with Gasteiger partial charge in [0.1, 0.15) is 16.8 Å². The van der Waals surface area contributed by atoms with Gasteiger partial charge in [-0.15, -0.1) is 0 Å². The standard InChI is InChI=1S/C17H28ClN3/c1-6-13-8-7-10-21(11-9-13)15-12(2)14(18)19-16(20-15)17(3,4)5/h13H,6-11H2,1-5H3. The third-order valence-electron chi connectivity index (χ3n) is 4.46. The van der Waals surface area contributed by atoms with Crippen molar-refractivity contribution in [3.8, 4) is 0 Å². The number of nitrogens with zero attached hydrogens (tertiary/aromatic N) is 3. The SMILES string of the molecule is CCC1CCCN(c2nc(C(C)(C)C)nc(Cl)c2C)CC1. The minimum absolute atomic E-state index is 0.0795. The van der Waals surface area contributed by atoms with Gasteiger partial charge in [0.05, 0.1) is 0 Å². The Kier molecular flexibility index (Phi) is 5.13. The van der Waals surface area contributed by atoms with Gasteiger partial charge in [0.25, 0.3) is 0 Å². The fourth-order valence-electron chi connectivity index (χ4n) is 2.91. The van der Waals surface area contributed by atoms with Crippen LogP contribution in [0.15, 0.2) is 0 Å². The lowest BCUT2D eigenvalue weighted by molar-refractivity contribution is 0.459. The van der Waals surface area contributed by atoms with Gasteiger partial charge >= 0.3 is 0 Å². The molecule has 1 aromatic rings. The molecule has 0 aliphatic carbocycles. The van der Waals surface area contributed by atoms with E-state index in [1.165, 1.54) is 25.7 Å². The van der Waals surface area contributed by atoms with E-state index in [2.05, 4.69) is 37.6 Å². The summed E-state index contributed by atoms with van der Waals surface area (Å²) in [7, 11) is 0. The predicted octanol–water partition coefficient (Wildman–Crippen LogP) is 4.75. The summed E-state index contributed by atoms with van der Waals surface area (Å²) < 4.78 is 0. The number of halogens is 1. The van der Waals surface area contributed by atoms with Crippen molar-refractivity contribution < 1.29 is 0 Å². The van der Waals surface area contributed by atoms with Crippen LogP contribution >= 0.6 is 11.6 Å². The molecule has 2 rings (SSSR count). The van der Waals surface area contributed by atoms with Gasteiger partial charge in [-0.3, -0.25) is 0 Å². The van der Waals surface area contributed by atoms with Crippen LogP contribution in [0.1, 0.15) is 64.8 Å². The van der Waals surface area contributed by atoms with Gasteiger partial charge < -0.3 is 4.90 Å². The molecule has 1 atom stereocenters. The fourth-order valence-corrected chi connectivity index (χ4v) is 3.07. The molecule has 1 unspecified atom stereocenters. The molecule has 4 heteroatoms. The summed E-state index contributed by atoms with van der Waals surface area (Å²) in [5, 5.41) is 0.598. The zero-order valence-electron chi connectivity index (χ0n) is 14.0. The van der Waals surface area contributed by atoms with E-state index in [4.69, 9.17) is 16.6 Å². The maximum Gasteiger partial charge on any atom is 0.137 e. The number of anilines is 1. The topological polar surface area (TPSA) is 29.0 Å². The summed E-state index contributed by atoms with van der Waals surface area (Å²) in [6.07, 6.45) is 5.11. The quantitative estimate of drug-likeness (QED) is 0.738. The molecular weight excluding hydrogens is 282 g/mol. The minimum Gasteiger partial charge on any atom is -0.356 e. The lowest BCUT2D eigenvalue weighted by atomic mass is 9.95. The van der Waals surface area contributed by atoms with Gasteiger partial charge in [0, 0.05) is 24.1 Å². The second-order valence-electron chi connectivity index (χ2n) is 7.23. The highest BCUT2D eigenvalue weighted by Crippen LogP contribution is 2.30. The smallest absolute Gasteiger partial charge is 0.137 e. The molecule has 0 amide bonds. The van der Waals surface area contributed by atoms with Crippen LogP contribution in [0.4, 0.5) is 5.82 Å². The van der Waals surface area contributed by atoms with Gasteiger partial charge in [0.15, 0.2) is 0 Å². The van der Waals surface area contributed by atoms with Gasteiger partial charge in [-0.25, -0.2) is 9.97 Å². The summed E-state index contributed by atoms with van der Waals surface area (Å²) in [4.78, 5) is 11.7. The Labute approximate surface area is 134 Å².